The van der Waals surface area contributed by atoms with Crippen LogP contribution in [0, 0.1) is 6.92 Å². The zero-order valence-electron chi connectivity index (χ0n) is 22.0. The van der Waals surface area contributed by atoms with Crippen LogP contribution in [0.15, 0.2) is 62.5 Å². The average molecular weight is 526 g/mol. The Kier molecular flexibility index (Phi) is 5.91. The van der Waals surface area contributed by atoms with Crippen molar-refractivity contribution >= 4 is 49.4 Å². The number of nitrogens with one attached hydrogen (secondary N) is 2. The molecule has 2 aliphatic rings. The summed E-state index contributed by atoms with van der Waals surface area (Å²) in [6.45, 7) is 6.85. The molecule has 2 saturated heterocycles. The molecule has 2 N–H and O–H groups in total. The van der Waals surface area contributed by atoms with Crippen LogP contribution in [0.25, 0.3) is 43.7 Å². The lowest BCUT2D eigenvalue weighted by Gasteiger charge is -2.37. The van der Waals surface area contributed by atoms with Gasteiger partial charge in [0, 0.05) is 55.0 Å². The number of aryl methyl sites for hydroxylation is 1. The van der Waals surface area contributed by atoms with Crippen LogP contribution in [0.1, 0.15) is 24.8 Å². The number of H-pyrrole nitrogens is 1. The van der Waals surface area contributed by atoms with E-state index in [2.05, 4.69) is 15.2 Å². The van der Waals surface area contributed by atoms with Gasteiger partial charge in [0.25, 0.3) is 0 Å². The van der Waals surface area contributed by atoms with Crippen molar-refractivity contribution < 1.29 is 13.9 Å². The number of likely N-dealkylation sites (tertiary alicyclic amines) is 1. The summed E-state index contributed by atoms with van der Waals surface area (Å²) >= 11 is 0. The van der Waals surface area contributed by atoms with E-state index in [-0.39, 0.29) is 16.6 Å². The first-order valence-corrected chi connectivity index (χ1v) is 13.7. The first-order valence-electron chi connectivity index (χ1n) is 13.7. The van der Waals surface area contributed by atoms with Gasteiger partial charge in [0.2, 0.25) is 0 Å². The predicted molar refractivity (Wildman–Crippen MR) is 154 cm³/mol. The summed E-state index contributed by atoms with van der Waals surface area (Å²) in [4.78, 5) is 33.4. The summed E-state index contributed by atoms with van der Waals surface area (Å²) in [6, 6.07) is 14.8. The summed E-state index contributed by atoms with van der Waals surface area (Å²) in [6.07, 6.45) is 2.67. The minimum atomic E-state index is -0.370. The van der Waals surface area contributed by atoms with Crippen molar-refractivity contribution in [2.24, 2.45) is 0 Å². The second-order valence-electron chi connectivity index (χ2n) is 10.7. The first kappa shape index (κ1) is 24.3. The molecular weight excluding hydrogens is 494 g/mol. The zero-order valence-corrected chi connectivity index (χ0v) is 22.0. The van der Waals surface area contributed by atoms with Gasteiger partial charge in [-0.3, -0.25) is 9.59 Å². The lowest BCUT2D eigenvalue weighted by atomic mass is 9.99. The molecule has 1 spiro atoms. The number of fused-ring (bicyclic) bond motifs is 5. The zero-order chi connectivity index (χ0) is 26.6. The molecule has 0 amide bonds. The lowest BCUT2D eigenvalue weighted by Crippen LogP contribution is -2.45. The molecule has 8 heteroatoms. The number of anilines is 1. The van der Waals surface area contributed by atoms with Gasteiger partial charge < -0.3 is 29.1 Å². The highest BCUT2D eigenvalue weighted by Gasteiger charge is 2.39. The number of aromatic nitrogens is 1. The Morgan fingerprint density at radius 3 is 2.38 bits per heavy atom. The smallest absolute Gasteiger partial charge is 0.196 e. The van der Waals surface area contributed by atoms with Crippen molar-refractivity contribution in [3.8, 4) is 0 Å². The minimum Gasteiger partial charge on any atom is -0.453 e. The summed E-state index contributed by atoms with van der Waals surface area (Å²) in [5.41, 5.74) is 3.91. The number of nitrogens with zero attached hydrogens (tertiary/aromatic N) is 1. The minimum absolute atomic E-state index is 0.153. The summed E-state index contributed by atoms with van der Waals surface area (Å²) in [5.74, 6) is -0.370. The van der Waals surface area contributed by atoms with Crippen LogP contribution in [0.5, 0.6) is 0 Å². The Morgan fingerprint density at radius 1 is 0.923 bits per heavy atom. The molecule has 1 aromatic heterocycles. The average Bonchev–Trinajstić information content (AvgIpc) is 3.41. The van der Waals surface area contributed by atoms with Gasteiger partial charge in [0.1, 0.15) is 0 Å². The second-order valence-corrected chi connectivity index (χ2v) is 10.7. The Morgan fingerprint density at radius 2 is 1.64 bits per heavy atom. The number of hydrogen-bond acceptors (Lipinski definition) is 7. The molecule has 0 bridgehead atoms. The van der Waals surface area contributed by atoms with Gasteiger partial charge in [-0.05, 0) is 37.6 Å². The monoisotopic (exact) mass is 525 g/mol. The van der Waals surface area contributed by atoms with E-state index in [1.165, 1.54) is 0 Å². The van der Waals surface area contributed by atoms with Crippen molar-refractivity contribution in [1.82, 2.24) is 9.88 Å². The quantitative estimate of drug-likeness (QED) is 0.192. The van der Waals surface area contributed by atoms with Crippen LogP contribution in [0.3, 0.4) is 0 Å². The molecule has 2 fully saturated rings. The highest BCUT2D eigenvalue weighted by molar-refractivity contribution is 6.14. The largest absolute Gasteiger partial charge is 0.453 e. The number of aromatic amines is 1. The fourth-order valence-corrected chi connectivity index (χ4v) is 6.11. The molecule has 3 heterocycles. The van der Waals surface area contributed by atoms with Gasteiger partial charge in [-0.1, -0.05) is 30.3 Å². The van der Waals surface area contributed by atoms with Crippen LogP contribution in [-0.4, -0.2) is 55.1 Å². The third-order valence-corrected chi connectivity index (χ3v) is 8.18. The number of benzene rings is 4. The van der Waals surface area contributed by atoms with E-state index in [1.54, 1.807) is 24.3 Å². The van der Waals surface area contributed by atoms with E-state index in [4.69, 9.17) is 13.9 Å². The second kappa shape index (κ2) is 9.48. The van der Waals surface area contributed by atoms with Crippen molar-refractivity contribution in [3.05, 3.63) is 74.5 Å². The van der Waals surface area contributed by atoms with Crippen LogP contribution in [0.2, 0.25) is 0 Å². The van der Waals surface area contributed by atoms with Gasteiger partial charge in [-0.15, -0.1) is 0 Å². The van der Waals surface area contributed by atoms with E-state index < -0.39 is 0 Å². The lowest BCUT2D eigenvalue weighted by molar-refractivity contribution is -0.185. The standard InChI is InChI=1S/C31H31N3O5/c1-19-7-8-22-24(17-19)39-25-18-23(32-11-4-12-34-13-9-31(10-14-34)37-15-16-38-31)26-27(28(25)33-22)30(36)21-6-3-2-5-20(21)29(26)35/h2-3,5-8,17-18,32-33H,4,9-16H2,1H3. The van der Waals surface area contributed by atoms with Crippen molar-refractivity contribution in [1.29, 1.82) is 0 Å². The molecule has 0 saturated carbocycles. The molecule has 2 aliphatic heterocycles. The van der Waals surface area contributed by atoms with Crippen LogP contribution >= 0.6 is 0 Å². The number of ether oxygens (including phenoxy) is 2. The van der Waals surface area contributed by atoms with Gasteiger partial charge in [0.05, 0.1) is 35.0 Å². The molecule has 200 valence electrons. The molecular formula is C31H31N3O5. The van der Waals surface area contributed by atoms with Gasteiger partial charge in [-0.25, -0.2) is 0 Å². The molecule has 0 radical (unpaired) electrons. The molecule has 5 aromatic rings. The van der Waals surface area contributed by atoms with Crippen LogP contribution < -0.4 is 16.2 Å². The van der Waals surface area contributed by atoms with E-state index in [0.717, 1.165) is 50.0 Å². The maximum absolute atomic E-state index is 13.8. The SMILES string of the molecule is Cc1ccc2[nH]c3c(cc(NCCCN4CCC5(CC4)OCCO5)c4c(=O)c5ccccc5c(=O)c43)oc2c1. The Labute approximate surface area is 224 Å². The van der Waals surface area contributed by atoms with Crippen molar-refractivity contribution in [2.45, 2.75) is 32.0 Å². The molecule has 7 rings (SSSR count). The van der Waals surface area contributed by atoms with Crippen LogP contribution in [-0.2, 0) is 9.47 Å². The maximum atomic E-state index is 13.8. The van der Waals surface area contributed by atoms with Gasteiger partial charge in [-0.2, -0.15) is 0 Å². The topological polar surface area (TPSA) is 96.8 Å². The predicted octanol–water partition coefficient (Wildman–Crippen LogP) is 4.89. The van der Waals surface area contributed by atoms with Gasteiger partial charge in [0.15, 0.2) is 27.8 Å². The molecule has 4 aromatic carbocycles. The fourth-order valence-electron chi connectivity index (χ4n) is 6.11. The molecule has 0 unspecified atom stereocenters. The van der Waals surface area contributed by atoms with E-state index in [1.807, 2.05) is 31.2 Å². The number of rotatable bonds is 5. The number of piperidine rings is 1. The van der Waals surface area contributed by atoms with Gasteiger partial charge >= 0.3 is 0 Å². The van der Waals surface area contributed by atoms with Crippen molar-refractivity contribution in [2.75, 3.05) is 44.7 Å². The van der Waals surface area contributed by atoms with E-state index >= 15 is 0 Å². The Bertz CT molecular complexity index is 1840. The molecule has 0 atom stereocenters. The normalized spacial score (nSPS) is 17.7. The Balaban J connectivity index is 1.24. The third kappa shape index (κ3) is 4.19. The highest BCUT2D eigenvalue weighted by Crippen LogP contribution is 2.32. The van der Waals surface area contributed by atoms with E-state index in [9.17, 15) is 9.59 Å². The molecule has 0 aliphatic carbocycles. The maximum Gasteiger partial charge on any atom is 0.196 e. The van der Waals surface area contributed by atoms with E-state index in [0.29, 0.717) is 63.7 Å². The first-order chi connectivity index (χ1) is 19.0. The summed E-state index contributed by atoms with van der Waals surface area (Å²) in [5, 5.41) is 5.09. The van der Waals surface area contributed by atoms with Crippen LogP contribution in [0.4, 0.5) is 5.69 Å². The van der Waals surface area contributed by atoms with Crippen molar-refractivity contribution in [3.63, 3.8) is 0 Å². The molecule has 8 nitrogen and oxygen atoms in total. The number of hydrogen-bond donors (Lipinski definition) is 2. The summed E-state index contributed by atoms with van der Waals surface area (Å²) in [7, 11) is 0. The highest BCUT2D eigenvalue weighted by atomic mass is 16.7. The molecule has 39 heavy (non-hydrogen) atoms. The fraction of sp³-hybridized carbons (Fsp3) is 0.355. The Hall–Kier alpha value is -3.72. The summed E-state index contributed by atoms with van der Waals surface area (Å²) < 4.78 is 18.0. The third-order valence-electron chi connectivity index (χ3n) is 8.18.